The number of aryl methyl sites for hydroxylation is 1. The number of carbonyl (C=O) groups excluding carboxylic acids is 2. The third-order valence-corrected chi connectivity index (χ3v) is 4.13. The van der Waals surface area contributed by atoms with Crippen LogP contribution in [0.15, 0.2) is 54.6 Å². The second-order valence-electron chi connectivity index (χ2n) is 5.67. The van der Waals surface area contributed by atoms with Crippen molar-refractivity contribution >= 4 is 40.9 Å². The number of carbonyl (C=O) groups is 2. The molecule has 0 aliphatic carbocycles. The molecule has 1 amide bonds. The molecule has 0 radical (unpaired) electrons. The third-order valence-electron chi connectivity index (χ3n) is 3.59. The van der Waals surface area contributed by atoms with E-state index >= 15 is 0 Å². The topological polar surface area (TPSA) is 73.2 Å². The highest BCUT2D eigenvalue weighted by Gasteiger charge is 2.16. The van der Waals surface area contributed by atoms with Gasteiger partial charge in [-0.1, -0.05) is 41.4 Å². The summed E-state index contributed by atoms with van der Waals surface area (Å²) in [5.41, 5.74) is 1.67. The summed E-state index contributed by atoms with van der Waals surface area (Å²) in [7, 11) is 0. The molecular formula is C19H15Cl2N3O3. The number of anilines is 1. The predicted octanol–water partition coefficient (Wildman–Crippen LogP) is 4.28. The summed E-state index contributed by atoms with van der Waals surface area (Å²) in [6.45, 7) is 1.36. The Balaban J connectivity index is 1.66. The van der Waals surface area contributed by atoms with Crippen LogP contribution >= 0.6 is 23.2 Å². The highest BCUT2D eigenvalue weighted by Crippen LogP contribution is 2.22. The highest BCUT2D eigenvalue weighted by atomic mass is 35.5. The summed E-state index contributed by atoms with van der Waals surface area (Å²) in [6.07, 6.45) is 0. The van der Waals surface area contributed by atoms with Crippen LogP contribution in [0.1, 0.15) is 16.1 Å². The third kappa shape index (κ3) is 4.67. The van der Waals surface area contributed by atoms with Gasteiger partial charge in [-0.2, -0.15) is 5.10 Å². The largest absolute Gasteiger partial charge is 0.452 e. The number of para-hydroxylation sites is 1. The second kappa shape index (κ2) is 8.24. The number of aromatic nitrogens is 2. The zero-order valence-electron chi connectivity index (χ0n) is 14.3. The van der Waals surface area contributed by atoms with Gasteiger partial charge in [-0.15, -0.1) is 0 Å². The molecule has 0 atom stereocenters. The first-order valence-electron chi connectivity index (χ1n) is 7.98. The van der Waals surface area contributed by atoms with Crippen LogP contribution in [0.5, 0.6) is 0 Å². The van der Waals surface area contributed by atoms with Crippen LogP contribution in [-0.4, -0.2) is 28.3 Å². The van der Waals surface area contributed by atoms with E-state index in [0.717, 1.165) is 11.4 Å². The Morgan fingerprint density at radius 1 is 1.11 bits per heavy atom. The van der Waals surface area contributed by atoms with E-state index < -0.39 is 18.5 Å². The van der Waals surface area contributed by atoms with Gasteiger partial charge in [-0.3, -0.25) is 4.79 Å². The number of hydrogen-bond donors (Lipinski definition) is 1. The van der Waals surface area contributed by atoms with Gasteiger partial charge in [0.05, 0.1) is 22.0 Å². The van der Waals surface area contributed by atoms with Gasteiger partial charge in [0, 0.05) is 11.1 Å². The van der Waals surface area contributed by atoms with Crippen molar-refractivity contribution < 1.29 is 14.3 Å². The lowest BCUT2D eigenvalue weighted by Crippen LogP contribution is -2.22. The maximum absolute atomic E-state index is 12.2. The molecule has 0 saturated heterocycles. The first kappa shape index (κ1) is 18.9. The number of hydrogen-bond acceptors (Lipinski definition) is 4. The molecule has 138 valence electrons. The fourth-order valence-corrected chi connectivity index (χ4v) is 2.88. The van der Waals surface area contributed by atoms with Crippen molar-refractivity contribution in [1.82, 2.24) is 9.78 Å². The lowest BCUT2D eigenvalue weighted by Gasteiger charge is -2.10. The molecule has 0 spiro atoms. The van der Waals surface area contributed by atoms with Crippen LogP contribution in [-0.2, 0) is 9.53 Å². The van der Waals surface area contributed by atoms with E-state index in [1.807, 2.05) is 37.3 Å². The number of benzene rings is 2. The first-order valence-corrected chi connectivity index (χ1v) is 8.74. The molecule has 27 heavy (non-hydrogen) atoms. The lowest BCUT2D eigenvalue weighted by molar-refractivity contribution is -0.119. The normalized spacial score (nSPS) is 10.5. The van der Waals surface area contributed by atoms with Crippen LogP contribution < -0.4 is 5.32 Å². The van der Waals surface area contributed by atoms with Crippen molar-refractivity contribution in [3.63, 3.8) is 0 Å². The Bertz CT molecular complexity index is 987. The summed E-state index contributed by atoms with van der Waals surface area (Å²) in [6, 6.07) is 15.5. The minimum atomic E-state index is -0.709. The maximum Gasteiger partial charge on any atom is 0.340 e. The molecule has 2 aromatic carbocycles. The van der Waals surface area contributed by atoms with E-state index in [9.17, 15) is 9.59 Å². The minimum absolute atomic E-state index is 0.138. The van der Waals surface area contributed by atoms with E-state index in [2.05, 4.69) is 10.4 Å². The van der Waals surface area contributed by atoms with Gasteiger partial charge in [-0.25, -0.2) is 9.48 Å². The average molecular weight is 404 g/mol. The van der Waals surface area contributed by atoms with Crippen LogP contribution in [0.25, 0.3) is 5.69 Å². The van der Waals surface area contributed by atoms with Gasteiger partial charge in [0.25, 0.3) is 5.91 Å². The summed E-state index contributed by atoms with van der Waals surface area (Å²) in [5.74, 6) is -0.727. The van der Waals surface area contributed by atoms with Crippen molar-refractivity contribution in [2.75, 3.05) is 11.9 Å². The van der Waals surface area contributed by atoms with Gasteiger partial charge in [0.15, 0.2) is 6.61 Å². The average Bonchev–Trinajstić information content (AvgIpc) is 3.00. The summed E-state index contributed by atoms with van der Waals surface area (Å²) < 4.78 is 6.63. The zero-order chi connectivity index (χ0) is 19.4. The van der Waals surface area contributed by atoms with Gasteiger partial charge in [0.2, 0.25) is 0 Å². The van der Waals surface area contributed by atoms with E-state index in [1.165, 1.54) is 18.2 Å². The Hall–Kier alpha value is -2.83. The summed E-state index contributed by atoms with van der Waals surface area (Å²) in [4.78, 5) is 24.3. The van der Waals surface area contributed by atoms with Crippen molar-refractivity contribution in [1.29, 1.82) is 0 Å². The Morgan fingerprint density at radius 2 is 1.85 bits per heavy atom. The van der Waals surface area contributed by atoms with Crippen LogP contribution in [0.3, 0.4) is 0 Å². The number of rotatable bonds is 5. The molecule has 3 rings (SSSR count). The van der Waals surface area contributed by atoms with Gasteiger partial charge in [0.1, 0.15) is 5.82 Å². The standard InChI is InChI=1S/C19H15Cl2N3O3/c1-12-9-17(24(23-12)14-5-3-2-4-6-14)22-18(25)11-27-19(26)15-8-7-13(20)10-16(15)21/h2-10H,11H2,1H3,(H,22,25). The Kier molecular flexibility index (Phi) is 5.78. The maximum atomic E-state index is 12.2. The molecule has 0 saturated carbocycles. The molecule has 1 heterocycles. The van der Waals surface area contributed by atoms with E-state index in [0.29, 0.717) is 10.8 Å². The number of esters is 1. The number of halogens is 2. The molecule has 0 fully saturated rings. The fourth-order valence-electron chi connectivity index (χ4n) is 2.40. The molecule has 0 unspecified atom stereocenters. The van der Waals surface area contributed by atoms with Crippen LogP contribution in [0.4, 0.5) is 5.82 Å². The molecule has 8 heteroatoms. The molecule has 6 nitrogen and oxygen atoms in total. The zero-order valence-corrected chi connectivity index (χ0v) is 15.8. The summed E-state index contributed by atoms with van der Waals surface area (Å²) in [5, 5.41) is 7.61. The number of amides is 1. The minimum Gasteiger partial charge on any atom is -0.452 e. The van der Waals surface area contributed by atoms with E-state index in [4.69, 9.17) is 27.9 Å². The highest BCUT2D eigenvalue weighted by molar-refractivity contribution is 6.36. The smallest absolute Gasteiger partial charge is 0.340 e. The van der Waals surface area contributed by atoms with Crippen LogP contribution in [0.2, 0.25) is 10.0 Å². The van der Waals surface area contributed by atoms with Crippen molar-refractivity contribution in [2.24, 2.45) is 0 Å². The SMILES string of the molecule is Cc1cc(NC(=O)COC(=O)c2ccc(Cl)cc2Cl)n(-c2ccccc2)n1. The van der Waals surface area contributed by atoms with Gasteiger partial charge < -0.3 is 10.1 Å². The molecule has 1 N–H and O–H groups in total. The Morgan fingerprint density at radius 3 is 2.56 bits per heavy atom. The lowest BCUT2D eigenvalue weighted by atomic mass is 10.2. The fraction of sp³-hybridized carbons (Fsp3) is 0.105. The van der Waals surface area contributed by atoms with Crippen molar-refractivity contribution in [2.45, 2.75) is 6.92 Å². The van der Waals surface area contributed by atoms with E-state index in [1.54, 1.807) is 10.7 Å². The monoisotopic (exact) mass is 403 g/mol. The molecule has 0 aliphatic heterocycles. The Labute approximate surface area is 165 Å². The second-order valence-corrected chi connectivity index (χ2v) is 6.51. The molecule has 3 aromatic rings. The molecule has 0 aliphatic rings. The van der Waals surface area contributed by atoms with Crippen molar-refractivity contribution in [3.05, 3.63) is 75.9 Å². The first-order chi connectivity index (χ1) is 12.9. The number of nitrogens with one attached hydrogen (secondary N) is 1. The number of nitrogens with zero attached hydrogens (tertiary/aromatic N) is 2. The predicted molar refractivity (Wildman–Crippen MR) is 104 cm³/mol. The number of ether oxygens (including phenoxy) is 1. The van der Waals surface area contributed by atoms with Crippen LogP contribution in [0, 0.1) is 6.92 Å². The molecule has 1 aromatic heterocycles. The van der Waals surface area contributed by atoms with E-state index in [-0.39, 0.29) is 10.6 Å². The van der Waals surface area contributed by atoms with Gasteiger partial charge >= 0.3 is 5.97 Å². The quantitative estimate of drug-likeness (QED) is 0.645. The van der Waals surface area contributed by atoms with Gasteiger partial charge in [-0.05, 0) is 37.3 Å². The summed E-state index contributed by atoms with van der Waals surface area (Å²) >= 11 is 11.8. The molecular weight excluding hydrogens is 389 g/mol. The molecule has 0 bridgehead atoms. The van der Waals surface area contributed by atoms with Crippen molar-refractivity contribution in [3.8, 4) is 5.69 Å².